The van der Waals surface area contributed by atoms with E-state index in [1.54, 1.807) is 41.5 Å². The van der Waals surface area contributed by atoms with Gasteiger partial charge in [0.2, 0.25) is 5.91 Å². The van der Waals surface area contributed by atoms with E-state index in [2.05, 4.69) is 63.4 Å². The van der Waals surface area contributed by atoms with Gasteiger partial charge in [-0.2, -0.15) is 0 Å². The van der Waals surface area contributed by atoms with E-state index in [9.17, 15) is 9.59 Å². The Morgan fingerprint density at radius 2 is 1.79 bits per heavy atom. The molecule has 1 aliphatic heterocycles. The molecule has 0 saturated heterocycles. The lowest BCUT2D eigenvalue weighted by Gasteiger charge is -2.38. The van der Waals surface area contributed by atoms with Crippen molar-refractivity contribution < 1.29 is 19.1 Å². The van der Waals surface area contributed by atoms with E-state index in [-0.39, 0.29) is 29.8 Å². The average Bonchev–Trinajstić information content (AvgIpc) is 3.42. The molecular formula is C32H40N2O4S. The molecule has 0 saturated carbocycles. The Bertz CT molecular complexity index is 1290. The second-order valence-corrected chi connectivity index (χ2v) is 12.1. The number of ether oxygens (including phenoxy) is 2. The van der Waals surface area contributed by atoms with Crippen LogP contribution in [0, 0.1) is 0 Å². The molecule has 7 heteroatoms. The van der Waals surface area contributed by atoms with Gasteiger partial charge >= 0.3 is 0 Å². The molecule has 1 aromatic heterocycles. The highest BCUT2D eigenvalue weighted by Crippen LogP contribution is 2.38. The van der Waals surface area contributed by atoms with E-state index < -0.39 is 0 Å². The van der Waals surface area contributed by atoms with Crippen LogP contribution in [-0.4, -0.2) is 55.5 Å². The first kappa shape index (κ1) is 28.7. The van der Waals surface area contributed by atoms with Gasteiger partial charge in [0.25, 0.3) is 5.91 Å². The topological polar surface area (TPSA) is 59.1 Å². The van der Waals surface area contributed by atoms with Crippen LogP contribution in [0.15, 0.2) is 53.9 Å². The maximum atomic E-state index is 14.0. The Labute approximate surface area is 236 Å². The molecule has 0 spiro atoms. The Morgan fingerprint density at radius 3 is 2.44 bits per heavy atom. The largest absolute Gasteiger partial charge is 0.497 e. The molecular weight excluding hydrogens is 508 g/mol. The molecule has 1 aliphatic rings. The molecule has 208 valence electrons. The number of carbonyl (C=O) groups excluding carboxylic acids is 2. The van der Waals surface area contributed by atoms with Crippen LogP contribution in [0.3, 0.4) is 0 Å². The van der Waals surface area contributed by atoms with E-state index in [0.29, 0.717) is 30.2 Å². The smallest absolute Gasteiger partial charge is 0.258 e. The van der Waals surface area contributed by atoms with Crippen molar-refractivity contribution in [3.8, 4) is 11.5 Å². The van der Waals surface area contributed by atoms with Gasteiger partial charge in [-0.15, -0.1) is 11.3 Å². The van der Waals surface area contributed by atoms with Crippen LogP contribution in [-0.2, 0) is 16.6 Å². The second kappa shape index (κ2) is 12.2. The van der Waals surface area contributed by atoms with Crippen molar-refractivity contribution in [3.05, 3.63) is 81.0 Å². The van der Waals surface area contributed by atoms with Gasteiger partial charge in [0.15, 0.2) is 0 Å². The number of amides is 2. The van der Waals surface area contributed by atoms with Gasteiger partial charge in [-0.05, 0) is 58.5 Å². The molecule has 3 aromatic rings. The fourth-order valence-electron chi connectivity index (χ4n) is 5.11. The monoisotopic (exact) mass is 548 g/mol. The molecule has 2 heterocycles. The highest BCUT2D eigenvalue weighted by Gasteiger charge is 2.34. The Kier molecular flexibility index (Phi) is 9.01. The van der Waals surface area contributed by atoms with E-state index in [1.807, 2.05) is 4.90 Å². The summed E-state index contributed by atoms with van der Waals surface area (Å²) in [7, 11) is 3.11. The van der Waals surface area contributed by atoms with Crippen molar-refractivity contribution >= 4 is 23.2 Å². The van der Waals surface area contributed by atoms with Gasteiger partial charge < -0.3 is 19.3 Å². The lowest BCUT2D eigenvalue weighted by atomic mass is 9.85. The maximum Gasteiger partial charge on any atom is 0.258 e. The fraction of sp³-hybridized carbons (Fsp3) is 0.438. The zero-order valence-electron chi connectivity index (χ0n) is 24.0. The number of fused-ring (bicyclic) bond motifs is 1. The first-order valence-electron chi connectivity index (χ1n) is 13.6. The number of thiophene rings is 1. The third-order valence-corrected chi connectivity index (χ3v) is 8.41. The summed E-state index contributed by atoms with van der Waals surface area (Å²) in [6.45, 7) is 9.83. The van der Waals surface area contributed by atoms with Crippen LogP contribution >= 0.6 is 11.3 Å². The molecule has 2 aromatic carbocycles. The summed E-state index contributed by atoms with van der Waals surface area (Å²) in [5.41, 5.74) is 4.02. The highest BCUT2D eigenvalue weighted by molar-refractivity contribution is 7.10. The number of rotatable bonds is 9. The highest BCUT2D eigenvalue weighted by atomic mass is 32.1. The Morgan fingerprint density at radius 1 is 1.05 bits per heavy atom. The van der Waals surface area contributed by atoms with Crippen molar-refractivity contribution in [1.29, 1.82) is 0 Å². The zero-order valence-corrected chi connectivity index (χ0v) is 24.8. The molecule has 0 aliphatic carbocycles. The van der Waals surface area contributed by atoms with Crippen LogP contribution in [0.25, 0.3) is 0 Å². The van der Waals surface area contributed by atoms with E-state index in [4.69, 9.17) is 9.47 Å². The van der Waals surface area contributed by atoms with E-state index in [0.717, 1.165) is 24.8 Å². The predicted octanol–water partition coefficient (Wildman–Crippen LogP) is 6.48. The number of nitrogens with zero attached hydrogens (tertiary/aromatic N) is 2. The Hall–Kier alpha value is -3.32. The van der Waals surface area contributed by atoms with Crippen LogP contribution < -0.4 is 9.47 Å². The zero-order chi connectivity index (χ0) is 28.2. The number of methoxy groups -OCH3 is 2. The maximum absolute atomic E-state index is 14.0. The van der Waals surface area contributed by atoms with Crippen LogP contribution in [0.4, 0.5) is 0 Å². The molecule has 0 radical (unpaired) electrons. The van der Waals surface area contributed by atoms with Crippen molar-refractivity contribution in [3.63, 3.8) is 0 Å². The van der Waals surface area contributed by atoms with Crippen LogP contribution in [0.5, 0.6) is 11.5 Å². The predicted molar refractivity (Wildman–Crippen MR) is 157 cm³/mol. The Balaban J connectivity index is 1.63. The van der Waals surface area contributed by atoms with Crippen molar-refractivity contribution in [1.82, 2.24) is 9.80 Å². The number of carbonyl (C=O) groups is 2. The molecule has 1 atom stereocenters. The third kappa shape index (κ3) is 6.30. The fourth-order valence-corrected chi connectivity index (χ4v) is 6.01. The van der Waals surface area contributed by atoms with Gasteiger partial charge in [0.1, 0.15) is 18.0 Å². The van der Waals surface area contributed by atoms with Gasteiger partial charge in [0, 0.05) is 24.0 Å². The first-order valence-corrected chi connectivity index (χ1v) is 14.5. The van der Waals surface area contributed by atoms with Crippen LogP contribution in [0.1, 0.15) is 78.5 Å². The molecule has 1 unspecified atom stereocenters. The standard InChI is InChI=1S/C32H40N2O4S/c1-7-8-17-33(31(36)25-14-13-24(37-5)20-27(25)38-6)21-29(35)34-18-15-28-26(16-19-39-28)30(34)22-9-11-23(12-10-22)32(2,3)4/h9-14,16,19-20,30H,7-8,15,17-18,21H2,1-6H3. The number of unbranched alkanes of at least 4 members (excludes halogenated alkanes) is 1. The number of hydrogen-bond donors (Lipinski definition) is 0. The normalized spacial score (nSPS) is 15.0. The molecule has 0 fully saturated rings. The van der Waals surface area contributed by atoms with Gasteiger partial charge in [-0.3, -0.25) is 9.59 Å². The van der Waals surface area contributed by atoms with Gasteiger partial charge in [0.05, 0.1) is 25.8 Å². The summed E-state index contributed by atoms with van der Waals surface area (Å²) < 4.78 is 10.8. The summed E-state index contributed by atoms with van der Waals surface area (Å²) in [6, 6.07) is 15.8. The summed E-state index contributed by atoms with van der Waals surface area (Å²) in [6.07, 6.45) is 2.55. The minimum absolute atomic E-state index is 0.0179. The lowest BCUT2D eigenvalue weighted by molar-refractivity contribution is -0.134. The molecule has 0 N–H and O–H groups in total. The quantitative estimate of drug-likeness (QED) is 0.307. The van der Waals surface area contributed by atoms with Gasteiger partial charge in [-0.1, -0.05) is 58.4 Å². The first-order chi connectivity index (χ1) is 18.7. The molecule has 0 bridgehead atoms. The van der Waals surface area contributed by atoms with Crippen molar-refractivity contribution in [2.75, 3.05) is 33.9 Å². The second-order valence-electron chi connectivity index (χ2n) is 11.1. The molecule has 2 amide bonds. The summed E-state index contributed by atoms with van der Waals surface area (Å²) >= 11 is 1.75. The summed E-state index contributed by atoms with van der Waals surface area (Å²) in [5, 5.41) is 2.11. The van der Waals surface area contributed by atoms with E-state index >= 15 is 0 Å². The number of benzene rings is 2. The molecule has 6 nitrogen and oxygen atoms in total. The van der Waals surface area contributed by atoms with Crippen LogP contribution in [0.2, 0.25) is 0 Å². The minimum atomic E-state index is -0.212. The van der Waals surface area contributed by atoms with Crippen molar-refractivity contribution in [2.45, 2.75) is 58.4 Å². The van der Waals surface area contributed by atoms with Crippen molar-refractivity contribution in [2.24, 2.45) is 0 Å². The van der Waals surface area contributed by atoms with Gasteiger partial charge in [-0.25, -0.2) is 0 Å². The molecule has 4 rings (SSSR count). The number of hydrogen-bond acceptors (Lipinski definition) is 5. The molecule has 39 heavy (non-hydrogen) atoms. The lowest BCUT2D eigenvalue weighted by Crippen LogP contribution is -2.47. The summed E-state index contributed by atoms with van der Waals surface area (Å²) in [5.74, 6) is 0.787. The third-order valence-electron chi connectivity index (χ3n) is 7.41. The SMILES string of the molecule is CCCCN(CC(=O)N1CCc2sccc2C1c1ccc(C(C)(C)C)cc1)C(=O)c1ccc(OC)cc1OC. The minimum Gasteiger partial charge on any atom is -0.497 e. The summed E-state index contributed by atoms with van der Waals surface area (Å²) in [4.78, 5) is 32.7. The average molecular weight is 549 g/mol. The van der Waals surface area contributed by atoms with E-state index in [1.165, 1.54) is 23.1 Å².